The number of thiophene rings is 1. The Labute approximate surface area is 105 Å². The van der Waals surface area contributed by atoms with Crippen molar-refractivity contribution >= 4 is 27.9 Å². The van der Waals surface area contributed by atoms with Crippen molar-refractivity contribution in [1.29, 1.82) is 0 Å². The van der Waals surface area contributed by atoms with Gasteiger partial charge in [0.25, 0.3) is 0 Å². The number of carbonyl (C=O) groups excluding carboxylic acids is 1. The van der Waals surface area contributed by atoms with E-state index in [0.717, 1.165) is 0 Å². The van der Waals surface area contributed by atoms with Gasteiger partial charge in [-0.25, -0.2) is 4.39 Å². The highest BCUT2D eigenvalue weighted by molar-refractivity contribution is 7.85. The molecule has 1 unspecified atom stereocenters. The summed E-state index contributed by atoms with van der Waals surface area (Å²) in [5, 5.41) is 1.78. The second-order valence-corrected chi connectivity index (χ2v) is 5.69. The van der Waals surface area contributed by atoms with Gasteiger partial charge in [-0.1, -0.05) is 18.2 Å². The lowest BCUT2D eigenvalue weighted by molar-refractivity contribution is 0.102. The highest BCUT2D eigenvalue weighted by atomic mass is 32.2. The van der Waals surface area contributed by atoms with E-state index >= 15 is 0 Å². The topological polar surface area (TPSA) is 34.1 Å². The zero-order valence-corrected chi connectivity index (χ0v) is 10.4. The van der Waals surface area contributed by atoms with Gasteiger partial charge in [-0.05, 0) is 23.6 Å². The number of Topliss-reactive ketones (excluding diaryl/α,β-unsaturated/α-hetero) is 1. The molecule has 0 radical (unpaired) electrons. The van der Waals surface area contributed by atoms with Crippen molar-refractivity contribution in [2.24, 2.45) is 0 Å². The van der Waals surface area contributed by atoms with Crippen molar-refractivity contribution in [1.82, 2.24) is 0 Å². The van der Waals surface area contributed by atoms with E-state index in [0.29, 0.717) is 4.88 Å². The normalized spacial score (nSPS) is 12.3. The highest BCUT2D eigenvalue weighted by Gasteiger charge is 2.15. The molecule has 1 aromatic heterocycles. The van der Waals surface area contributed by atoms with Crippen molar-refractivity contribution in [2.75, 3.05) is 5.75 Å². The molecule has 88 valence electrons. The molecule has 2 aromatic rings. The SMILES string of the molecule is O=C(CS(=O)c1ccccc1F)c1cccs1. The molecular formula is C12H9FO2S2. The lowest BCUT2D eigenvalue weighted by Crippen LogP contribution is -2.10. The van der Waals surface area contributed by atoms with E-state index in [1.54, 1.807) is 23.6 Å². The first-order valence-corrected chi connectivity index (χ1v) is 7.08. The van der Waals surface area contributed by atoms with Gasteiger partial charge < -0.3 is 0 Å². The van der Waals surface area contributed by atoms with E-state index in [9.17, 15) is 13.4 Å². The summed E-state index contributed by atoms with van der Waals surface area (Å²) in [6, 6.07) is 9.23. The van der Waals surface area contributed by atoms with Gasteiger partial charge in [-0.15, -0.1) is 11.3 Å². The smallest absolute Gasteiger partial charge is 0.185 e. The maximum absolute atomic E-state index is 13.3. The minimum Gasteiger partial charge on any atom is -0.292 e. The summed E-state index contributed by atoms with van der Waals surface area (Å²) in [4.78, 5) is 12.3. The third-order valence-electron chi connectivity index (χ3n) is 2.14. The molecule has 0 N–H and O–H groups in total. The van der Waals surface area contributed by atoms with Gasteiger partial charge in [0.05, 0.1) is 26.3 Å². The quantitative estimate of drug-likeness (QED) is 0.799. The molecule has 17 heavy (non-hydrogen) atoms. The zero-order valence-electron chi connectivity index (χ0n) is 8.76. The molecule has 2 rings (SSSR count). The standard InChI is InChI=1S/C12H9FO2S2/c13-9-4-1-2-6-12(9)17(15)8-10(14)11-5-3-7-16-11/h1-7H,8H2. The highest BCUT2D eigenvalue weighted by Crippen LogP contribution is 2.15. The third-order valence-corrected chi connectivity index (χ3v) is 4.40. The summed E-state index contributed by atoms with van der Waals surface area (Å²) in [6.07, 6.45) is 0. The van der Waals surface area contributed by atoms with Crippen molar-refractivity contribution in [3.05, 3.63) is 52.5 Å². The van der Waals surface area contributed by atoms with Gasteiger partial charge in [0, 0.05) is 0 Å². The lowest BCUT2D eigenvalue weighted by atomic mass is 10.3. The molecule has 1 atom stereocenters. The van der Waals surface area contributed by atoms with Crippen LogP contribution in [0.15, 0.2) is 46.7 Å². The number of hydrogen-bond acceptors (Lipinski definition) is 3. The van der Waals surface area contributed by atoms with Crippen LogP contribution in [0, 0.1) is 5.82 Å². The minimum absolute atomic E-state index is 0.0809. The Kier molecular flexibility index (Phi) is 3.81. The molecule has 5 heteroatoms. The number of carbonyl (C=O) groups is 1. The van der Waals surface area contributed by atoms with Gasteiger partial charge in [-0.3, -0.25) is 9.00 Å². The summed E-state index contributed by atoms with van der Waals surface area (Å²) in [5.74, 6) is -0.937. The van der Waals surface area contributed by atoms with Crippen LogP contribution in [0.1, 0.15) is 9.67 Å². The van der Waals surface area contributed by atoms with E-state index in [2.05, 4.69) is 0 Å². The molecule has 0 spiro atoms. The Bertz CT molecular complexity index is 549. The summed E-state index contributed by atoms with van der Waals surface area (Å²) < 4.78 is 25.2. The zero-order chi connectivity index (χ0) is 12.3. The van der Waals surface area contributed by atoms with Crippen LogP contribution in [0.5, 0.6) is 0 Å². The molecule has 0 saturated heterocycles. The number of halogens is 1. The van der Waals surface area contributed by atoms with Gasteiger partial charge in [0.2, 0.25) is 0 Å². The van der Waals surface area contributed by atoms with Crippen LogP contribution in [-0.4, -0.2) is 15.7 Å². The van der Waals surface area contributed by atoms with E-state index in [1.165, 1.54) is 29.5 Å². The van der Waals surface area contributed by atoms with Crippen molar-refractivity contribution in [3.8, 4) is 0 Å². The first kappa shape index (κ1) is 12.1. The summed E-state index contributed by atoms with van der Waals surface area (Å²) in [5.41, 5.74) is 0. The van der Waals surface area contributed by atoms with Crippen molar-refractivity contribution in [3.63, 3.8) is 0 Å². The molecule has 0 fully saturated rings. The molecule has 0 aliphatic rings. The molecule has 0 aliphatic carbocycles. The van der Waals surface area contributed by atoms with E-state index in [1.807, 2.05) is 0 Å². The molecule has 1 heterocycles. The van der Waals surface area contributed by atoms with Crippen LogP contribution >= 0.6 is 11.3 Å². The maximum Gasteiger partial charge on any atom is 0.185 e. The number of ketones is 1. The molecule has 0 amide bonds. The Morgan fingerprint density at radius 2 is 2.00 bits per heavy atom. The molecule has 0 saturated carbocycles. The third kappa shape index (κ3) is 2.87. The molecule has 2 nitrogen and oxygen atoms in total. The van der Waals surface area contributed by atoms with Crippen LogP contribution in [0.25, 0.3) is 0 Å². The summed E-state index contributed by atoms with van der Waals surface area (Å²) in [6.45, 7) is 0. The maximum atomic E-state index is 13.3. The molecular weight excluding hydrogens is 259 g/mol. The Hall–Kier alpha value is -1.33. The van der Waals surface area contributed by atoms with Crippen molar-refractivity contribution < 1.29 is 13.4 Å². The minimum atomic E-state index is -1.63. The fourth-order valence-corrected chi connectivity index (χ4v) is 3.16. The van der Waals surface area contributed by atoms with Crippen LogP contribution in [-0.2, 0) is 10.8 Å². The van der Waals surface area contributed by atoms with E-state index in [-0.39, 0.29) is 16.4 Å². The second kappa shape index (κ2) is 5.33. The monoisotopic (exact) mass is 268 g/mol. The fraction of sp³-hybridized carbons (Fsp3) is 0.0833. The Morgan fingerprint density at radius 3 is 2.65 bits per heavy atom. The van der Waals surface area contributed by atoms with E-state index in [4.69, 9.17) is 0 Å². The first-order chi connectivity index (χ1) is 8.18. The predicted octanol–water partition coefficient (Wildman–Crippen LogP) is 2.88. The van der Waals surface area contributed by atoms with Crippen LogP contribution in [0.3, 0.4) is 0 Å². The van der Waals surface area contributed by atoms with Gasteiger partial charge in [-0.2, -0.15) is 0 Å². The van der Waals surface area contributed by atoms with E-state index < -0.39 is 16.6 Å². The summed E-state index contributed by atoms with van der Waals surface area (Å²) in [7, 11) is -1.63. The van der Waals surface area contributed by atoms with Crippen LogP contribution in [0.2, 0.25) is 0 Å². The number of rotatable bonds is 4. The van der Waals surface area contributed by atoms with Crippen LogP contribution < -0.4 is 0 Å². The lowest BCUT2D eigenvalue weighted by Gasteiger charge is -2.01. The van der Waals surface area contributed by atoms with Crippen LogP contribution in [0.4, 0.5) is 4.39 Å². The number of hydrogen-bond donors (Lipinski definition) is 0. The average molecular weight is 268 g/mol. The van der Waals surface area contributed by atoms with Gasteiger partial charge >= 0.3 is 0 Å². The van der Waals surface area contributed by atoms with Crippen molar-refractivity contribution in [2.45, 2.75) is 4.90 Å². The largest absolute Gasteiger partial charge is 0.292 e. The Morgan fingerprint density at radius 1 is 1.24 bits per heavy atom. The second-order valence-electron chi connectivity index (χ2n) is 3.32. The van der Waals surface area contributed by atoms with Gasteiger partial charge in [0.1, 0.15) is 5.82 Å². The average Bonchev–Trinajstić information content (AvgIpc) is 2.82. The predicted molar refractivity (Wildman–Crippen MR) is 66.3 cm³/mol. The molecule has 1 aromatic carbocycles. The fourth-order valence-electron chi connectivity index (χ4n) is 1.33. The molecule has 0 bridgehead atoms. The Balaban J connectivity index is 2.13. The summed E-state index contributed by atoms with van der Waals surface area (Å²) >= 11 is 1.29. The number of benzene rings is 1. The molecule has 0 aliphatic heterocycles. The first-order valence-electron chi connectivity index (χ1n) is 4.88. The van der Waals surface area contributed by atoms with Gasteiger partial charge in [0.15, 0.2) is 5.78 Å².